The maximum absolute atomic E-state index is 10.5. The number of rotatable bonds is 3. The van der Waals surface area contributed by atoms with Gasteiger partial charge in [-0.05, 0) is 45.2 Å². The van der Waals surface area contributed by atoms with Crippen LogP contribution in [0.3, 0.4) is 0 Å². The Morgan fingerprint density at radius 1 is 1.69 bits per heavy atom. The largest absolute Gasteiger partial charge is 0.480 e. The SMILES string of the molecule is N[C@@H](Cc1[nH]c(I)nc1I)C(=O)O. The third-order valence-electron chi connectivity index (χ3n) is 1.44. The number of carboxylic acids is 1. The first kappa shape index (κ1) is 11.2. The number of aromatic nitrogens is 2. The van der Waals surface area contributed by atoms with Gasteiger partial charge in [0, 0.05) is 6.42 Å². The first-order valence-corrected chi connectivity index (χ1v) is 5.54. The summed E-state index contributed by atoms with van der Waals surface area (Å²) < 4.78 is 1.52. The molecule has 0 aliphatic rings. The Balaban J connectivity index is 2.74. The smallest absolute Gasteiger partial charge is 0.320 e. The van der Waals surface area contributed by atoms with E-state index in [1.807, 2.05) is 45.2 Å². The topological polar surface area (TPSA) is 92.0 Å². The summed E-state index contributed by atoms with van der Waals surface area (Å²) in [5.74, 6) is -1.000. The molecule has 0 aromatic carbocycles. The van der Waals surface area contributed by atoms with Crippen LogP contribution in [0.2, 0.25) is 0 Å². The van der Waals surface area contributed by atoms with Crippen molar-refractivity contribution in [3.63, 3.8) is 0 Å². The number of nitrogens with zero attached hydrogens (tertiary/aromatic N) is 1. The Morgan fingerprint density at radius 2 is 2.31 bits per heavy atom. The quantitative estimate of drug-likeness (QED) is 0.640. The van der Waals surface area contributed by atoms with Gasteiger partial charge in [-0.25, -0.2) is 4.98 Å². The van der Waals surface area contributed by atoms with E-state index in [0.29, 0.717) is 0 Å². The molecule has 7 heteroatoms. The lowest BCUT2D eigenvalue weighted by Gasteiger charge is -2.03. The minimum atomic E-state index is -1.000. The summed E-state index contributed by atoms with van der Waals surface area (Å²) in [6, 6.07) is -0.871. The van der Waals surface area contributed by atoms with Crippen molar-refractivity contribution in [2.24, 2.45) is 5.73 Å². The minimum Gasteiger partial charge on any atom is -0.480 e. The number of hydrogen-bond donors (Lipinski definition) is 3. The first-order chi connectivity index (χ1) is 6.00. The summed E-state index contributed by atoms with van der Waals surface area (Å²) in [6.07, 6.45) is 0.281. The van der Waals surface area contributed by atoms with E-state index in [9.17, 15) is 4.79 Å². The van der Waals surface area contributed by atoms with Gasteiger partial charge in [-0.3, -0.25) is 4.79 Å². The predicted octanol–water partition coefficient (Wildman–Crippen LogP) is 0.573. The molecule has 1 aromatic heterocycles. The zero-order valence-corrected chi connectivity index (χ0v) is 10.7. The maximum Gasteiger partial charge on any atom is 0.320 e. The van der Waals surface area contributed by atoms with Gasteiger partial charge in [0.15, 0.2) is 3.83 Å². The van der Waals surface area contributed by atoms with E-state index in [1.165, 1.54) is 0 Å². The molecule has 0 aliphatic heterocycles. The highest BCUT2D eigenvalue weighted by Gasteiger charge is 2.15. The molecule has 0 bridgehead atoms. The number of aliphatic carboxylic acids is 1. The van der Waals surface area contributed by atoms with E-state index in [4.69, 9.17) is 10.8 Å². The molecule has 72 valence electrons. The normalized spacial score (nSPS) is 12.8. The second-order valence-corrected chi connectivity index (χ2v) is 4.49. The van der Waals surface area contributed by atoms with Crippen LogP contribution < -0.4 is 5.73 Å². The van der Waals surface area contributed by atoms with Gasteiger partial charge in [0.25, 0.3) is 0 Å². The molecule has 0 aliphatic carbocycles. The lowest BCUT2D eigenvalue weighted by Crippen LogP contribution is -2.32. The van der Waals surface area contributed by atoms with Gasteiger partial charge >= 0.3 is 5.97 Å². The number of carbonyl (C=O) groups is 1. The van der Waals surface area contributed by atoms with Gasteiger partial charge in [0.05, 0.1) is 5.69 Å². The second-order valence-electron chi connectivity index (χ2n) is 2.45. The molecule has 0 amide bonds. The molecule has 1 rings (SSSR count). The van der Waals surface area contributed by atoms with Gasteiger partial charge in [-0.1, -0.05) is 0 Å². The number of nitrogens with two attached hydrogens (primary N) is 1. The van der Waals surface area contributed by atoms with Crippen molar-refractivity contribution < 1.29 is 9.90 Å². The van der Waals surface area contributed by atoms with Gasteiger partial charge < -0.3 is 15.8 Å². The number of nitrogens with one attached hydrogen (secondary N) is 1. The number of aromatic amines is 1. The van der Waals surface area contributed by atoms with Crippen LogP contribution in [0.15, 0.2) is 0 Å². The zero-order chi connectivity index (χ0) is 10.0. The molecule has 4 N–H and O–H groups in total. The highest BCUT2D eigenvalue weighted by Crippen LogP contribution is 2.12. The van der Waals surface area contributed by atoms with E-state index in [0.717, 1.165) is 13.2 Å². The van der Waals surface area contributed by atoms with Gasteiger partial charge in [-0.15, -0.1) is 0 Å². The summed E-state index contributed by atoms with van der Waals surface area (Å²) in [6.45, 7) is 0. The van der Waals surface area contributed by atoms with E-state index in [-0.39, 0.29) is 6.42 Å². The highest BCUT2D eigenvalue weighted by molar-refractivity contribution is 14.1. The maximum atomic E-state index is 10.5. The van der Waals surface area contributed by atoms with Crippen molar-refractivity contribution in [1.82, 2.24) is 9.97 Å². The summed E-state index contributed by atoms with van der Waals surface area (Å²) >= 11 is 4.07. The van der Waals surface area contributed by atoms with E-state index >= 15 is 0 Å². The van der Waals surface area contributed by atoms with Crippen LogP contribution in [0.5, 0.6) is 0 Å². The molecule has 0 unspecified atom stereocenters. The molecule has 1 atom stereocenters. The van der Waals surface area contributed by atoms with E-state index in [1.54, 1.807) is 0 Å². The molecule has 0 fully saturated rings. The van der Waals surface area contributed by atoms with Crippen molar-refractivity contribution in [2.45, 2.75) is 12.5 Å². The third kappa shape index (κ3) is 3.06. The van der Waals surface area contributed by atoms with Crippen molar-refractivity contribution in [2.75, 3.05) is 0 Å². The molecule has 1 heterocycles. The lowest BCUT2D eigenvalue weighted by molar-refractivity contribution is -0.138. The molecule has 5 nitrogen and oxygen atoms in total. The minimum absolute atomic E-state index is 0.281. The molecule has 0 saturated heterocycles. The van der Waals surface area contributed by atoms with Crippen LogP contribution in [0.4, 0.5) is 0 Å². The number of H-pyrrole nitrogens is 1. The van der Waals surface area contributed by atoms with Crippen molar-refractivity contribution >= 4 is 51.2 Å². The number of imidazole rings is 1. The Labute approximate surface area is 102 Å². The van der Waals surface area contributed by atoms with Crippen LogP contribution in [-0.2, 0) is 11.2 Å². The van der Waals surface area contributed by atoms with Crippen molar-refractivity contribution in [1.29, 1.82) is 0 Å². The molecule has 13 heavy (non-hydrogen) atoms. The zero-order valence-electron chi connectivity index (χ0n) is 6.42. The highest BCUT2D eigenvalue weighted by atomic mass is 127. The molecular weight excluding hydrogens is 400 g/mol. The summed E-state index contributed by atoms with van der Waals surface area (Å²) in [4.78, 5) is 17.5. The number of halogens is 2. The third-order valence-corrected chi connectivity index (χ3v) is 2.84. The molecule has 0 radical (unpaired) electrons. The Morgan fingerprint density at radius 3 is 2.69 bits per heavy atom. The number of hydrogen-bond acceptors (Lipinski definition) is 3. The second kappa shape index (κ2) is 4.55. The molecule has 0 spiro atoms. The molecular formula is C6H7I2N3O2. The lowest BCUT2D eigenvalue weighted by atomic mass is 10.2. The summed E-state index contributed by atoms with van der Waals surface area (Å²) in [5.41, 5.74) is 6.15. The Kier molecular flexibility index (Phi) is 3.91. The van der Waals surface area contributed by atoms with Crippen molar-refractivity contribution in [3.05, 3.63) is 13.2 Å². The average molecular weight is 407 g/mol. The fourth-order valence-electron chi connectivity index (χ4n) is 0.800. The Bertz CT molecular complexity index is 326. The molecule has 0 saturated carbocycles. The Hall–Kier alpha value is 0.1000. The van der Waals surface area contributed by atoms with Gasteiger partial charge in [0.2, 0.25) is 0 Å². The van der Waals surface area contributed by atoms with Crippen molar-refractivity contribution in [3.8, 4) is 0 Å². The average Bonchev–Trinajstić information content (AvgIpc) is 2.30. The van der Waals surface area contributed by atoms with Crippen LogP contribution in [0.25, 0.3) is 0 Å². The van der Waals surface area contributed by atoms with E-state index < -0.39 is 12.0 Å². The first-order valence-electron chi connectivity index (χ1n) is 3.39. The number of carboxylic acid groups (broad SMARTS) is 1. The van der Waals surface area contributed by atoms with Crippen LogP contribution in [-0.4, -0.2) is 27.1 Å². The monoisotopic (exact) mass is 407 g/mol. The van der Waals surface area contributed by atoms with Gasteiger partial charge in [-0.2, -0.15) is 0 Å². The summed E-state index contributed by atoms with van der Waals surface area (Å²) in [5, 5.41) is 8.58. The van der Waals surface area contributed by atoms with Gasteiger partial charge in [0.1, 0.15) is 9.74 Å². The fourth-order valence-corrected chi connectivity index (χ4v) is 2.42. The molecule has 1 aromatic rings. The van der Waals surface area contributed by atoms with Crippen LogP contribution >= 0.6 is 45.2 Å². The standard InChI is InChI=1S/C6H7I2N3O2/c7-4-3(10-6(8)11-4)1-2(9)5(12)13/h2H,1,9H2,(H,10,11)(H,12,13)/t2-/m0/s1. The van der Waals surface area contributed by atoms with E-state index in [2.05, 4.69) is 9.97 Å². The predicted molar refractivity (Wildman–Crippen MR) is 63.3 cm³/mol. The van der Waals surface area contributed by atoms with Crippen LogP contribution in [0, 0.1) is 7.53 Å². The fraction of sp³-hybridized carbons (Fsp3) is 0.333. The summed E-state index contributed by atoms with van der Waals surface area (Å²) in [7, 11) is 0. The van der Waals surface area contributed by atoms with Crippen LogP contribution in [0.1, 0.15) is 5.69 Å².